The average molecular weight is 391 g/mol. The van der Waals surface area contributed by atoms with Gasteiger partial charge >= 0.3 is 12.0 Å². The van der Waals surface area contributed by atoms with E-state index in [9.17, 15) is 14.4 Å². The standard InChI is InChI=1S/C20H29N3O5/c1-13(19(25)26)12-23(2)20(27)21-15-9-10-17(28-3)16(11-15)22-18(24)14-7-5-4-6-8-14/h9-11,13-14H,4-8,12H2,1-3H3,(H,21,27)(H,22,24)(H,25,26). The average Bonchev–Trinajstić information content (AvgIpc) is 2.68. The van der Waals surface area contributed by atoms with Crippen molar-refractivity contribution in [3.63, 3.8) is 0 Å². The summed E-state index contributed by atoms with van der Waals surface area (Å²) in [6.07, 6.45) is 5.07. The van der Waals surface area contributed by atoms with Gasteiger partial charge in [0, 0.05) is 25.2 Å². The summed E-state index contributed by atoms with van der Waals surface area (Å²) in [7, 11) is 3.05. The van der Waals surface area contributed by atoms with Gasteiger partial charge in [0.15, 0.2) is 0 Å². The van der Waals surface area contributed by atoms with Gasteiger partial charge < -0.3 is 25.4 Å². The first kappa shape index (κ1) is 21.5. The Kier molecular flexibility index (Phi) is 7.66. The van der Waals surface area contributed by atoms with Gasteiger partial charge in [0.25, 0.3) is 0 Å². The SMILES string of the molecule is COc1ccc(NC(=O)N(C)CC(C)C(=O)O)cc1NC(=O)C1CCCCC1. The van der Waals surface area contributed by atoms with Crippen LogP contribution in [0.15, 0.2) is 18.2 Å². The van der Waals surface area contributed by atoms with Crippen LogP contribution in [0, 0.1) is 11.8 Å². The maximum Gasteiger partial charge on any atom is 0.321 e. The molecule has 3 amide bonds. The van der Waals surface area contributed by atoms with E-state index in [0.29, 0.717) is 17.1 Å². The normalized spacial score (nSPS) is 15.4. The first-order chi connectivity index (χ1) is 13.3. The number of nitrogens with one attached hydrogen (secondary N) is 2. The number of hydrogen-bond donors (Lipinski definition) is 3. The van der Waals surface area contributed by atoms with E-state index < -0.39 is 17.9 Å². The molecule has 1 saturated carbocycles. The summed E-state index contributed by atoms with van der Waals surface area (Å²) >= 11 is 0. The smallest absolute Gasteiger partial charge is 0.321 e. The lowest BCUT2D eigenvalue weighted by molar-refractivity contribution is -0.141. The van der Waals surface area contributed by atoms with Crippen LogP contribution in [0.2, 0.25) is 0 Å². The van der Waals surface area contributed by atoms with E-state index in [1.54, 1.807) is 25.1 Å². The van der Waals surface area contributed by atoms with Crippen molar-refractivity contribution in [3.8, 4) is 5.75 Å². The minimum atomic E-state index is -0.961. The predicted octanol–water partition coefficient (Wildman–Crippen LogP) is 3.40. The Bertz CT molecular complexity index is 716. The molecule has 1 aliphatic carbocycles. The number of methoxy groups -OCH3 is 1. The molecule has 1 fully saturated rings. The molecule has 0 bridgehead atoms. The highest BCUT2D eigenvalue weighted by Gasteiger charge is 2.22. The minimum Gasteiger partial charge on any atom is -0.495 e. The Morgan fingerprint density at radius 2 is 1.89 bits per heavy atom. The van der Waals surface area contributed by atoms with Crippen LogP contribution in [0.25, 0.3) is 0 Å². The summed E-state index contributed by atoms with van der Waals surface area (Å²) in [5.74, 6) is -1.15. The monoisotopic (exact) mass is 391 g/mol. The van der Waals surface area contributed by atoms with Crippen molar-refractivity contribution in [1.29, 1.82) is 0 Å². The number of carbonyl (C=O) groups is 3. The molecule has 0 aliphatic heterocycles. The fourth-order valence-electron chi connectivity index (χ4n) is 3.27. The van der Waals surface area contributed by atoms with Crippen molar-refractivity contribution in [3.05, 3.63) is 18.2 Å². The molecule has 0 aromatic heterocycles. The number of nitrogens with zero attached hydrogens (tertiary/aromatic N) is 1. The first-order valence-corrected chi connectivity index (χ1v) is 9.55. The molecule has 8 nitrogen and oxygen atoms in total. The second-order valence-corrected chi connectivity index (χ2v) is 7.29. The summed E-state index contributed by atoms with van der Waals surface area (Å²) in [6, 6.07) is 4.56. The van der Waals surface area contributed by atoms with E-state index in [1.165, 1.54) is 25.5 Å². The van der Waals surface area contributed by atoms with Crippen molar-refractivity contribution < 1.29 is 24.2 Å². The van der Waals surface area contributed by atoms with Crippen molar-refractivity contribution in [1.82, 2.24) is 4.90 Å². The third kappa shape index (κ3) is 5.87. The zero-order valence-electron chi connectivity index (χ0n) is 16.7. The molecule has 0 spiro atoms. The maximum atomic E-state index is 12.5. The fourth-order valence-corrected chi connectivity index (χ4v) is 3.27. The van der Waals surface area contributed by atoms with Crippen LogP contribution in [0.1, 0.15) is 39.0 Å². The van der Waals surface area contributed by atoms with E-state index in [0.717, 1.165) is 25.7 Å². The van der Waals surface area contributed by atoms with E-state index in [-0.39, 0.29) is 18.4 Å². The number of amides is 3. The zero-order valence-corrected chi connectivity index (χ0v) is 16.7. The lowest BCUT2D eigenvalue weighted by Gasteiger charge is -2.22. The number of carbonyl (C=O) groups excluding carboxylic acids is 2. The second-order valence-electron chi connectivity index (χ2n) is 7.29. The Balaban J connectivity index is 2.05. The van der Waals surface area contributed by atoms with Gasteiger partial charge in [-0.15, -0.1) is 0 Å². The van der Waals surface area contributed by atoms with Gasteiger partial charge in [-0.25, -0.2) is 4.79 Å². The highest BCUT2D eigenvalue weighted by molar-refractivity contribution is 5.96. The van der Waals surface area contributed by atoms with Crippen LogP contribution in [-0.4, -0.2) is 48.6 Å². The van der Waals surface area contributed by atoms with Crippen molar-refractivity contribution >= 4 is 29.3 Å². The fraction of sp³-hybridized carbons (Fsp3) is 0.550. The van der Waals surface area contributed by atoms with Gasteiger partial charge in [-0.05, 0) is 31.0 Å². The molecule has 2 rings (SSSR count). The molecule has 154 valence electrons. The number of urea groups is 1. The minimum absolute atomic E-state index is 0.000318. The number of anilines is 2. The Labute approximate surface area is 165 Å². The van der Waals surface area contributed by atoms with Gasteiger partial charge in [-0.3, -0.25) is 9.59 Å². The number of aliphatic carboxylic acids is 1. The van der Waals surface area contributed by atoms with Gasteiger partial charge in [0.05, 0.1) is 18.7 Å². The van der Waals surface area contributed by atoms with E-state index in [2.05, 4.69) is 10.6 Å². The molecule has 1 unspecified atom stereocenters. The van der Waals surface area contributed by atoms with E-state index in [4.69, 9.17) is 9.84 Å². The molecule has 8 heteroatoms. The second kappa shape index (κ2) is 9.96. The summed E-state index contributed by atoms with van der Waals surface area (Å²) in [5.41, 5.74) is 0.983. The summed E-state index contributed by atoms with van der Waals surface area (Å²) in [5, 5.41) is 14.6. The molecular weight excluding hydrogens is 362 g/mol. The Morgan fingerprint density at radius 1 is 1.21 bits per heavy atom. The number of benzene rings is 1. The van der Waals surface area contributed by atoms with Crippen LogP contribution >= 0.6 is 0 Å². The van der Waals surface area contributed by atoms with Gasteiger partial charge in [0.1, 0.15) is 5.75 Å². The van der Waals surface area contributed by atoms with Gasteiger partial charge in [-0.1, -0.05) is 26.2 Å². The van der Waals surface area contributed by atoms with E-state index >= 15 is 0 Å². The van der Waals surface area contributed by atoms with Crippen molar-refractivity contribution in [2.24, 2.45) is 11.8 Å². The summed E-state index contributed by atoms with van der Waals surface area (Å²) in [4.78, 5) is 37.1. The highest BCUT2D eigenvalue weighted by Crippen LogP contribution is 2.30. The van der Waals surface area contributed by atoms with Gasteiger partial charge in [-0.2, -0.15) is 0 Å². The molecule has 1 aromatic carbocycles. The number of ether oxygens (including phenoxy) is 1. The topological polar surface area (TPSA) is 108 Å². The Morgan fingerprint density at radius 3 is 2.50 bits per heavy atom. The summed E-state index contributed by atoms with van der Waals surface area (Å²) in [6.45, 7) is 1.63. The van der Waals surface area contributed by atoms with Crippen LogP contribution in [0.3, 0.4) is 0 Å². The zero-order chi connectivity index (χ0) is 20.7. The van der Waals surface area contributed by atoms with Gasteiger partial charge in [0.2, 0.25) is 5.91 Å². The molecule has 28 heavy (non-hydrogen) atoms. The molecule has 3 N–H and O–H groups in total. The largest absolute Gasteiger partial charge is 0.495 e. The Hall–Kier alpha value is -2.77. The molecule has 1 aromatic rings. The molecule has 0 heterocycles. The van der Waals surface area contributed by atoms with Crippen LogP contribution in [0.5, 0.6) is 5.75 Å². The quantitative estimate of drug-likeness (QED) is 0.660. The molecular formula is C20H29N3O5. The molecule has 1 atom stereocenters. The van der Waals surface area contributed by atoms with E-state index in [1.807, 2.05) is 0 Å². The van der Waals surface area contributed by atoms with Crippen LogP contribution < -0.4 is 15.4 Å². The molecule has 0 radical (unpaired) electrons. The maximum absolute atomic E-state index is 12.5. The lowest BCUT2D eigenvalue weighted by Crippen LogP contribution is -2.36. The number of carboxylic acids is 1. The highest BCUT2D eigenvalue weighted by atomic mass is 16.5. The van der Waals surface area contributed by atoms with Crippen LogP contribution in [-0.2, 0) is 9.59 Å². The first-order valence-electron chi connectivity index (χ1n) is 9.55. The third-order valence-corrected chi connectivity index (χ3v) is 5.00. The number of rotatable bonds is 7. The van der Waals surface area contributed by atoms with Crippen molar-refractivity contribution in [2.75, 3.05) is 31.3 Å². The lowest BCUT2D eigenvalue weighted by atomic mass is 9.88. The third-order valence-electron chi connectivity index (χ3n) is 5.00. The number of hydrogen-bond acceptors (Lipinski definition) is 4. The molecule has 1 aliphatic rings. The van der Waals surface area contributed by atoms with Crippen molar-refractivity contribution in [2.45, 2.75) is 39.0 Å². The summed E-state index contributed by atoms with van der Waals surface area (Å²) < 4.78 is 5.32. The predicted molar refractivity (Wildman–Crippen MR) is 107 cm³/mol. The number of carboxylic acid groups (broad SMARTS) is 1. The molecule has 0 saturated heterocycles. The van der Waals surface area contributed by atoms with Crippen LogP contribution in [0.4, 0.5) is 16.2 Å².